The van der Waals surface area contributed by atoms with Gasteiger partial charge in [-0.25, -0.2) is 9.98 Å². The zero-order chi connectivity index (χ0) is 33.2. The molecule has 3 N–H and O–H groups in total. The second kappa shape index (κ2) is 12.3. The Morgan fingerprint density at radius 3 is 2.02 bits per heavy atom. The molecular weight excluding hydrogens is 651 g/mol. The summed E-state index contributed by atoms with van der Waals surface area (Å²) in [4.78, 5) is 18.7. The van der Waals surface area contributed by atoms with Crippen LogP contribution in [0.25, 0.3) is 28.1 Å². The summed E-state index contributed by atoms with van der Waals surface area (Å²) in [5.41, 5.74) is 3.84. The topological polar surface area (TPSA) is 116 Å². The molecule has 0 amide bonds. The summed E-state index contributed by atoms with van der Waals surface area (Å²) in [7, 11) is 3.21. The molecule has 3 aromatic rings. The van der Waals surface area contributed by atoms with Crippen molar-refractivity contribution >= 4 is 34.8 Å². The van der Waals surface area contributed by atoms with Crippen LogP contribution in [0.15, 0.2) is 53.8 Å². The summed E-state index contributed by atoms with van der Waals surface area (Å²) in [5, 5.41) is 25.9. The number of rotatable bonds is 10. The molecule has 1 atom stereocenters. The summed E-state index contributed by atoms with van der Waals surface area (Å²) >= 11 is 14.2. The predicted molar refractivity (Wildman–Crippen MR) is 186 cm³/mol. The van der Waals surface area contributed by atoms with Crippen molar-refractivity contribution in [2.45, 2.75) is 49.5 Å². The number of aliphatic imine (C=N–C) groups is 1. The van der Waals surface area contributed by atoms with E-state index in [-0.39, 0.29) is 6.04 Å². The van der Waals surface area contributed by atoms with Crippen molar-refractivity contribution in [2.24, 2.45) is 16.8 Å². The summed E-state index contributed by atoms with van der Waals surface area (Å²) < 4.78 is 11.4. The molecule has 48 heavy (non-hydrogen) atoms. The van der Waals surface area contributed by atoms with Gasteiger partial charge in [0, 0.05) is 67.7 Å². The Morgan fingerprint density at radius 1 is 0.833 bits per heavy atom. The zero-order valence-corrected chi connectivity index (χ0v) is 28.6. The third-order valence-corrected chi connectivity index (χ3v) is 11.3. The molecule has 3 aliphatic heterocycles. The summed E-state index contributed by atoms with van der Waals surface area (Å²) in [6, 6.07) is 11.4. The molecule has 0 radical (unpaired) electrons. The van der Waals surface area contributed by atoms with Gasteiger partial charge in [0.2, 0.25) is 11.8 Å². The summed E-state index contributed by atoms with van der Waals surface area (Å²) in [6.45, 7) is 3.91. The Hall–Kier alpha value is -3.25. The fourth-order valence-electron chi connectivity index (χ4n) is 7.54. The number of β-amino-alcohol motifs (C(OH)–C–C–N with tert-alkyl or cyclic N) is 2. The van der Waals surface area contributed by atoms with E-state index in [2.05, 4.69) is 15.1 Å². The summed E-state index contributed by atoms with van der Waals surface area (Å²) in [5.74, 6) is 1.89. The number of methoxy groups -OCH3 is 2. The van der Waals surface area contributed by atoms with Gasteiger partial charge >= 0.3 is 0 Å². The molecule has 2 saturated carbocycles. The van der Waals surface area contributed by atoms with Crippen LogP contribution >= 0.6 is 23.2 Å². The molecule has 2 aromatic carbocycles. The maximum Gasteiger partial charge on any atom is 0.237 e. The van der Waals surface area contributed by atoms with Gasteiger partial charge in [-0.3, -0.25) is 14.8 Å². The van der Waals surface area contributed by atoms with Crippen molar-refractivity contribution in [3.05, 3.63) is 70.1 Å². The lowest BCUT2D eigenvalue weighted by atomic mass is 9.88. The second-order valence-electron chi connectivity index (χ2n) is 14.0. The fourth-order valence-corrected chi connectivity index (χ4v) is 8.18. The molecule has 12 heteroatoms. The standard InChI is InChI=1S/C36H40Cl2N6O4/c1-47-33-29(15-43-17-35(45,18-43)21-9-10-21)39-13-27(41-33)25-7-3-5-23(31(25)37)24-6-4-8-26(32(24)38)28-14-40-30(34(42-28)48-2)16-44-19-36(46,20-44)22-11-12-22/h3-8,13-14,21-22,29,39,45-46H,9-12,15-20H2,1-2H3. The van der Waals surface area contributed by atoms with Crippen LogP contribution in [-0.2, 0) is 11.3 Å². The molecule has 0 bridgehead atoms. The highest BCUT2D eigenvalue weighted by atomic mass is 35.5. The van der Waals surface area contributed by atoms with Crippen LogP contribution in [-0.4, -0.2) is 100 Å². The molecule has 2 aliphatic carbocycles. The van der Waals surface area contributed by atoms with Crippen LogP contribution in [0.1, 0.15) is 36.9 Å². The van der Waals surface area contributed by atoms with Gasteiger partial charge in [-0.2, -0.15) is 0 Å². The van der Waals surface area contributed by atoms with Crippen molar-refractivity contribution in [1.82, 2.24) is 25.1 Å². The minimum absolute atomic E-state index is 0.128. The monoisotopic (exact) mass is 690 g/mol. The van der Waals surface area contributed by atoms with Crippen LogP contribution in [0.4, 0.5) is 0 Å². The van der Waals surface area contributed by atoms with E-state index < -0.39 is 11.2 Å². The average Bonchev–Trinajstić information content (AvgIpc) is 3.97. The Labute approximate surface area is 290 Å². The molecule has 1 unspecified atom stereocenters. The lowest BCUT2D eigenvalue weighted by molar-refractivity contribution is -0.117. The molecule has 2 saturated heterocycles. The number of nitrogens with one attached hydrogen (secondary N) is 1. The van der Waals surface area contributed by atoms with E-state index in [1.807, 2.05) is 42.6 Å². The number of benzene rings is 2. The van der Waals surface area contributed by atoms with Gasteiger partial charge in [0.1, 0.15) is 11.7 Å². The Kier molecular flexibility index (Phi) is 8.17. The molecule has 5 aliphatic rings. The highest BCUT2D eigenvalue weighted by Crippen LogP contribution is 2.46. The minimum Gasteiger partial charge on any atom is -0.483 e. The number of likely N-dealkylation sites (tertiary alicyclic amines) is 2. The maximum absolute atomic E-state index is 10.7. The van der Waals surface area contributed by atoms with Crippen molar-refractivity contribution in [3.8, 4) is 28.3 Å². The van der Waals surface area contributed by atoms with Crippen LogP contribution < -0.4 is 10.1 Å². The largest absolute Gasteiger partial charge is 0.483 e. The number of ether oxygens (including phenoxy) is 2. The molecular formula is C36H40Cl2N6O4. The first kappa shape index (κ1) is 32.0. The number of nitrogens with zero attached hydrogens (tertiary/aromatic N) is 5. The van der Waals surface area contributed by atoms with Gasteiger partial charge in [0.25, 0.3) is 0 Å². The van der Waals surface area contributed by atoms with Gasteiger partial charge < -0.3 is 25.0 Å². The number of aliphatic hydroxyl groups is 2. The molecule has 4 fully saturated rings. The van der Waals surface area contributed by atoms with Gasteiger partial charge in [-0.1, -0.05) is 59.6 Å². The Morgan fingerprint density at radius 2 is 1.42 bits per heavy atom. The first-order valence-electron chi connectivity index (χ1n) is 16.6. The van der Waals surface area contributed by atoms with Crippen molar-refractivity contribution in [3.63, 3.8) is 0 Å². The van der Waals surface area contributed by atoms with Crippen LogP contribution in [0.3, 0.4) is 0 Å². The third-order valence-electron chi connectivity index (χ3n) is 10.5. The van der Waals surface area contributed by atoms with E-state index in [4.69, 9.17) is 47.6 Å². The molecule has 10 nitrogen and oxygen atoms in total. The highest BCUT2D eigenvalue weighted by Gasteiger charge is 2.53. The average molecular weight is 692 g/mol. The molecule has 0 spiro atoms. The predicted octanol–water partition coefficient (Wildman–Crippen LogP) is 4.85. The van der Waals surface area contributed by atoms with Crippen molar-refractivity contribution < 1.29 is 19.7 Å². The van der Waals surface area contributed by atoms with E-state index in [9.17, 15) is 10.2 Å². The van der Waals surface area contributed by atoms with Crippen LogP contribution in [0, 0.1) is 11.8 Å². The number of aromatic nitrogens is 2. The molecule has 4 heterocycles. The van der Waals surface area contributed by atoms with E-state index in [0.29, 0.717) is 89.9 Å². The maximum atomic E-state index is 10.7. The van der Waals surface area contributed by atoms with Gasteiger partial charge in [-0.05, 0) is 37.5 Å². The lowest BCUT2D eigenvalue weighted by Crippen LogP contribution is -2.65. The van der Waals surface area contributed by atoms with Crippen molar-refractivity contribution in [2.75, 3.05) is 46.9 Å². The first-order chi connectivity index (χ1) is 23.2. The Balaban J connectivity index is 1.00. The van der Waals surface area contributed by atoms with Crippen molar-refractivity contribution in [1.29, 1.82) is 0 Å². The minimum atomic E-state index is -0.559. The number of hydrogen-bond donors (Lipinski definition) is 3. The highest BCUT2D eigenvalue weighted by molar-refractivity contribution is 6.39. The first-order valence-corrected chi connectivity index (χ1v) is 17.4. The van der Waals surface area contributed by atoms with E-state index in [0.717, 1.165) is 48.1 Å². The van der Waals surface area contributed by atoms with E-state index in [1.165, 1.54) is 0 Å². The quantitative estimate of drug-likeness (QED) is 0.275. The molecule has 1 aromatic heterocycles. The smallest absolute Gasteiger partial charge is 0.237 e. The van der Waals surface area contributed by atoms with E-state index in [1.54, 1.807) is 20.4 Å². The third kappa shape index (κ3) is 5.86. The lowest BCUT2D eigenvalue weighted by Gasteiger charge is -2.48. The molecule has 252 valence electrons. The Bertz CT molecular complexity index is 1800. The molecule has 8 rings (SSSR count). The zero-order valence-electron chi connectivity index (χ0n) is 27.1. The van der Waals surface area contributed by atoms with Gasteiger partial charge in [-0.15, -0.1) is 0 Å². The van der Waals surface area contributed by atoms with Gasteiger partial charge in [0.05, 0.1) is 53.1 Å². The van der Waals surface area contributed by atoms with Crippen LogP contribution in [0.5, 0.6) is 5.88 Å². The van der Waals surface area contributed by atoms with Gasteiger partial charge in [0.15, 0.2) is 0 Å². The fraction of sp³-hybridized carbons (Fsp3) is 0.472. The normalized spacial score (nSPS) is 23.3. The number of hydrogen-bond acceptors (Lipinski definition) is 10. The summed E-state index contributed by atoms with van der Waals surface area (Å²) in [6.07, 6.45) is 8.07. The van der Waals surface area contributed by atoms with E-state index >= 15 is 0 Å². The SMILES string of the molecule is COC1=NC(c2cccc(-c3cccc(-c4cnc(CN5CC(O)(C6CC6)C5)c(OC)n4)c3Cl)c2Cl)=CNC1CN1CC(O)(C2CC2)C1. The number of halogens is 2. The van der Waals surface area contributed by atoms with Crippen LogP contribution in [0.2, 0.25) is 10.0 Å². The second-order valence-corrected chi connectivity index (χ2v) is 14.8.